The molecule has 0 bridgehead atoms. The minimum Gasteiger partial charge on any atom is -0.317 e. The topological polar surface area (TPSA) is 12.0 Å². The third-order valence-electron chi connectivity index (χ3n) is 4.16. The summed E-state index contributed by atoms with van der Waals surface area (Å²) in [7, 11) is 0. The first-order chi connectivity index (χ1) is 8.61. The Morgan fingerprint density at radius 3 is 1.89 bits per heavy atom. The molecule has 0 spiro atoms. The van der Waals surface area contributed by atoms with Crippen molar-refractivity contribution in [2.24, 2.45) is 0 Å². The monoisotopic (exact) mass is 245 g/mol. The molecule has 1 heterocycles. The predicted octanol–water partition coefficient (Wildman–Crippen LogP) is 4.40. The number of piperidine rings is 1. The average molecular weight is 245 g/mol. The first-order valence-corrected chi connectivity index (χ1v) is 7.44. The molecular weight excluding hydrogens is 218 g/mol. The van der Waals surface area contributed by atoms with Crippen molar-refractivity contribution in [1.29, 1.82) is 0 Å². The molecule has 1 saturated heterocycles. The van der Waals surface area contributed by atoms with E-state index in [1.807, 2.05) is 0 Å². The maximum Gasteiger partial charge on any atom is -0.00431 e. The van der Waals surface area contributed by atoms with E-state index in [0.717, 1.165) is 5.92 Å². The third kappa shape index (κ3) is 2.77. The molecule has 1 heteroatoms. The van der Waals surface area contributed by atoms with Crippen molar-refractivity contribution in [3.63, 3.8) is 0 Å². The molecule has 0 atom stereocenters. The van der Waals surface area contributed by atoms with Gasteiger partial charge in [-0.05, 0) is 60.4 Å². The van der Waals surface area contributed by atoms with Crippen LogP contribution < -0.4 is 5.32 Å². The minimum absolute atomic E-state index is 0.633. The van der Waals surface area contributed by atoms with Crippen molar-refractivity contribution in [2.75, 3.05) is 13.1 Å². The summed E-state index contributed by atoms with van der Waals surface area (Å²) in [6, 6.07) is 6.93. The van der Waals surface area contributed by atoms with Gasteiger partial charge in [-0.1, -0.05) is 45.9 Å². The minimum atomic E-state index is 0.633. The zero-order valence-electron chi connectivity index (χ0n) is 12.3. The normalized spacial score (nSPS) is 17.7. The van der Waals surface area contributed by atoms with Gasteiger partial charge in [0.25, 0.3) is 0 Å². The standard InChI is InChI=1S/C17H27N/c1-12(2)15-6-5-7-16(13(3)4)17(15)14-8-10-18-11-9-14/h5-7,12-14,18H,8-11H2,1-4H3. The molecular formula is C17H27N. The Balaban J connectivity index is 2.45. The molecule has 1 aromatic carbocycles. The second-order valence-corrected chi connectivity index (χ2v) is 6.18. The fourth-order valence-electron chi connectivity index (χ4n) is 3.19. The summed E-state index contributed by atoms with van der Waals surface area (Å²) in [5, 5.41) is 3.48. The number of nitrogens with one attached hydrogen (secondary N) is 1. The summed E-state index contributed by atoms with van der Waals surface area (Å²) < 4.78 is 0. The second kappa shape index (κ2) is 5.88. The van der Waals surface area contributed by atoms with E-state index in [1.165, 1.54) is 25.9 Å². The predicted molar refractivity (Wildman–Crippen MR) is 79.5 cm³/mol. The molecule has 0 radical (unpaired) electrons. The lowest BCUT2D eigenvalue weighted by Gasteiger charge is -2.29. The molecule has 100 valence electrons. The first kappa shape index (κ1) is 13.6. The maximum absolute atomic E-state index is 3.48. The number of benzene rings is 1. The quantitative estimate of drug-likeness (QED) is 0.832. The van der Waals surface area contributed by atoms with Gasteiger partial charge in [0.15, 0.2) is 0 Å². The summed E-state index contributed by atoms with van der Waals surface area (Å²) in [5.41, 5.74) is 4.82. The van der Waals surface area contributed by atoms with E-state index in [4.69, 9.17) is 0 Å². The van der Waals surface area contributed by atoms with Crippen LogP contribution in [0.25, 0.3) is 0 Å². The van der Waals surface area contributed by atoms with E-state index in [2.05, 4.69) is 51.2 Å². The van der Waals surface area contributed by atoms with Gasteiger partial charge in [0, 0.05) is 0 Å². The van der Waals surface area contributed by atoms with Crippen LogP contribution in [0, 0.1) is 0 Å². The SMILES string of the molecule is CC(C)c1cccc(C(C)C)c1C1CCNCC1. The molecule has 2 rings (SSSR count). The van der Waals surface area contributed by atoms with Crippen molar-refractivity contribution in [3.8, 4) is 0 Å². The molecule has 1 aromatic rings. The summed E-state index contributed by atoms with van der Waals surface area (Å²) >= 11 is 0. The van der Waals surface area contributed by atoms with Crippen LogP contribution in [-0.2, 0) is 0 Å². The van der Waals surface area contributed by atoms with E-state index >= 15 is 0 Å². The highest BCUT2D eigenvalue weighted by Crippen LogP contribution is 2.37. The van der Waals surface area contributed by atoms with Crippen molar-refractivity contribution in [2.45, 2.75) is 58.3 Å². The Kier molecular flexibility index (Phi) is 4.45. The van der Waals surface area contributed by atoms with Crippen LogP contribution in [0.4, 0.5) is 0 Å². The zero-order chi connectivity index (χ0) is 13.1. The van der Waals surface area contributed by atoms with Gasteiger partial charge in [-0.3, -0.25) is 0 Å². The Hall–Kier alpha value is -0.820. The molecule has 0 amide bonds. The second-order valence-electron chi connectivity index (χ2n) is 6.18. The lowest BCUT2D eigenvalue weighted by Crippen LogP contribution is -2.28. The van der Waals surface area contributed by atoms with Gasteiger partial charge in [-0.25, -0.2) is 0 Å². The molecule has 0 saturated carbocycles. The van der Waals surface area contributed by atoms with Gasteiger partial charge >= 0.3 is 0 Å². The lowest BCUT2D eigenvalue weighted by molar-refractivity contribution is 0.453. The maximum atomic E-state index is 3.48. The zero-order valence-corrected chi connectivity index (χ0v) is 12.3. The van der Waals surface area contributed by atoms with Crippen LogP contribution >= 0.6 is 0 Å². The van der Waals surface area contributed by atoms with Crippen molar-refractivity contribution < 1.29 is 0 Å². The van der Waals surface area contributed by atoms with Crippen molar-refractivity contribution in [3.05, 3.63) is 34.9 Å². The lowest BCUT2D eigenvalue weighted by atomic mass is 9.78. The molecule has 1 N–H and O–H groups in total. The fourth-order valence-corrected chi connectivity index (χ4v) is 3.19. The van der Waals surface area contributed by atoms with Gasteiger partial charge < -0.3 is 5.32 Å². The molecule has 1 aliphatic heterocycles. The number of hydrogen-bond acceptors (Lipinski definition) is 1. The Bertz CT molecular complexity index is 360. The number of rotatable bonds is 3. The van der Waals surface area contributed by atoms with Gasteiger partial charge in [0.2, 0.25) is 0 Å². The molecule has 1 nitrogen and oxygen atoms in total. The number of hydrogen-bond donors (Lipinski definition) is 1. The fraction of sp³-hybridized carbons (Fsp3) is 0.647. The van der Waals surface area contributed by atoms with Gasteiger partial charge in [-0.2, -0.15) is 0 Å². The van der Waals surface area contributed by atoms with Crippen LogP contribution in [0.5, 0.6) is 0 Å². The molecule has 1 aliphatic rings. The van der Waals surface area contributed by atoms with Crippen LogP contribution in [0.15, 0.2) is 18.2 Å². The molecule has 0 aromatic heterocycles. The summed E-state index contributed by atoms with van der Waals surface area (Å²) in [4.78, 5) is 0. The van der Waals surface area contributed by atoms with Crippen LogP contribution in [0.3, 0.4) is 0 Å². The highest BCUT2D eigenvalue weighted by atomic mass is 14.9. The van der Waals surface area contributed by atoms with Crippen LogP contribution in [0.2, 0.25) is 0 Å². The Labute approximate surface area is 112 Å². The van der Waals surface area contributed by atoms with Crippen LogP contribution in [-0.4, -0.2) is 13.1 Å². The van der Waals surface area contributed by atoms with E-state index in [-0.39, 0.29) is 0 Å². The summed E-state index contributed by atoms with van der Waals surface area (Å²) in [6.45, 7) is 11.6. The third-order valence-corrected chi connectivity index (χ3v) is 4.16. The highest BCUT2D eigenvalue weighted by molar-refractivity contribution is 5.41. The van der Waals surface area contributed by atoms with Crippen molar-refractivity contribution in [1.82, 2.24) is 5.32 Å². The molecule has 18 heavy (non-hydrogen) atoms. The van der Waals surface area contributed by atoms with E-state index in [1.54, 1.807) is 16.7 Å². The Morgan fingerprint density at radius 1 is 0.944 bits per heavy atom. The molecule has 0 unspecified atom stereocenters. The van der Waals surface area contributed by atoms with Crippen molar-refractivity contribution >= 4 is 0 Å². The van der Waals surface area contributed by atoms with Crippen LogP contribution in [0.1, 0.15) is 75.0 Å². The smallest absolute Gasteiger partial charge is 0.00431 e. The van der Waals surface area contributed by atoms with E-state index in [9.17, 15) is 0 Å². The average Bonchev–Trinajstić information content (AvgIpc) is 2.38. The largest absolute Gasteiger partial charge is 0.317 e. The molecule has 0 aliphatic carbocycles. The van der Waals surface area contributed by atoms with E-state index < -0.39 is 0 Å². The first-order valence-electron chi connectivity index (χ1n) is 7.44. The van der Waals surface area contributed by atoms with Gasteiger partial charge in [0.1, 0.15) is 0 Å². The van der Waals surface area contributed by atoms with Gasteiger partial charge in [-0.15, -0.1) is 0 Å². The summed E-state index contributed by atoms with van der Waals surface area (Å²) in [6.07, 6.45) is 2.59. The van der Waals surface area contributed by atoms with E-state index in [0.29, 0.717) is 11.8 Å². The highest BCUT2D eigenvalue weighted by Gasteiger charge is 2.23. The Morgan fingerprint density at radius 2 is 1.44 bits per heavy atom. The van der Waals surface area contributed by atoms with Gasteiger partial charge in [0.05, 0.1) is 0 Å². The summed E-state index contributed by atoms with van der Waals surface area (Å²) in [5.74, 6) is 2.03. The molecule has 1 fully saturated rings.